The highest BCUT2D eigenvalue weighted by Crippen LogP contribution is 2.19. The van der Waals surface area contributed by atoms with E-state index in [2.05, 4.69) is 41.4 Å². The number of carbonyl (C=O) groups excluding carboxylic acids is 1. The third-order valence-corrected chi connectivity index (χ3v) is 3.94. The van der Waals surface area contributed by atoms with Crippen molar-refractivity contribution >= 4 is 6.09 Å². The summed E-state index contributed by atoms with van der Waals surface area (Å²) in [4.78, 5) is 14.3. The van der Waals surface area contributed by atoms with Crippen molar-refractivity contribution < 1.29 is 9.53 Å². The van der Waals surface area contributed by atoms with Gasteiger partial charge in [0.15, 0.2) is 0 Å². The number of alkyl carbamates (subject to hydrolysis) is 1. The summed E-state index contributed by atoms with van der Waals surface area (Å²) in [6, 6.07) is 10.7. The van der Waals surface area contributed by atoms with Crippen molar-refractivity contribution in [3.05, 3.63) is 35.9 Å². The molecular weight excluding hydrogens is 276 g/mol. The molecule has 1 heterocycles. The van der Waals surface area contributed by atoms with E-state index < -0.39 is 5.60 Å². The van der Waals surface area contributed by atoms with Crippen molar-refractivity contribution in [2.24, 2.45) is 5.92 Å². The van der Waals surface area contributed by atoms with Gasteiger partial charge in [0.2, 0.25) is 0 Å². The predicted octanol–water partition coefficient (Wildman–Crippen LogP) is 3.42. The van der Waals surface area contributed by atoms with Crippen LogP contribution in [-0.2, 0) is 11.3 Å². The van der Waals surface area contributed by atoms with Crippen molar-refractivity contribution in [1.29, 1.82) is 0 Å². The van der Waals surface area contributed by atoms with Crippen molar-refractivity contribution in [2.45, 2.75) is 52.3 Å². The molecule has 1 aromatic rings. The summed E-state index contributed by atoms with van der Waals surface area (Å²) in [7, 11) is 0. The maximum Gasteiger partial charge on any atom is 0.407 e. The number of rotatable bonds is 3. The Hall–Kier alpha value is -1.55. The van der Waals surface area contributed by atoms with Gasteiger partial charge in [-0.15, -0.1) is 0 Å². The number of piperidine rings is 1. The molecule has 0 bridgehead atoms. The smallest absolute Gasteiger partial charge is 0.407 e. The molecule has 1 aliphatic heterocycles. The minimum atomic E-state index is -0.443. The van der Waals surface area contributed by atoms with Gasteiger partial charge in [0.25, 0.3) is 0 Å². The van der Waals surface area contributed by atoms with Gasteiger partial charge in [0.05, 0.1) is 0 Å². The third kappa shape index (κ3) is 5.34. The van der Waals surface area contributed by atoms with E-state index >= 15 is 0 Å². The summed E-state index contributed by atoms with van der Waals surface area (Å²) in [5.74, 6) is 0.421. The Bertz CT molecular complexity index is 482. The normalized spacial score (nSPS) is 23.1. The fourth-order valence-corrected chi connectivity index (χ4v) is 2.89. The number of hydrogen-bond acceptors (Lipinski definition) is 3. The number of nitrogens with one attached hydrogen (secondary N) is 1. The van der Waals surface area contributed by atoms with E-state index in [0.29, 0.717) is 5.92 Å². The van der Waals surface area contributed by atoms with Gasteiger partial charge in [-0.2, -0.15) is 0 Å². The lowest BCUT2D eigenvalue weighted by Gasteiger charge is -2.37. The molecular formula is C18H28N2O2. The zero-order valence-electron chi connectivity index (χ0n) is 14.1. The second-order valence-corrected chi connectivity index (χ2v) is 7.24. The molecule has 0 unspecified atom stereocenters. The van der Waals surface area contributed by atoms with Gasteiger partial charge >= 0.3 is 6.09 Å². The summed E-state index contributed by atoms with van der Waals surface area (Å²) in [5, 5.41) is 3.02. The molecule has 4 nitrogen and oxygen atoms in total. The summed E-state index contributed by atoms with van der Waals surface area (Å²) < 4.78 is 5.35. The number of benzene rings is 1. The fraction of sp³-hybridized carbons (Fsp3) is 0.611. The highest BCUT2D eigenvalue weighted by atomic mass is 16.6. The number of nitrogens with zero attached hydrogens (tertiary/aromatic N) is 1. The molecule has 2 atom stereocenters. The van der Waals surface area contributed by atoms with Crippen molar-refractivity contribution in [2.75, 3.05) is 13.1 Å². The first-order chi connectivity index (χ1) is 10.3. The Balaban J connectivity index is 1.81. The number of carbonyl (C=O) groups is 1. The van der Waals surface area contributed by atoms with Gasteiger partial charge in [-0.1, -0.05) is 37.3 Å². The zero-order valence-corrected chi connectivity index (χ0v) is 14.1. The van der Waals surface area contributed by atoms with E-state index in [4.69, 9.17) is 4.74 Å². The van der Waals surface area contributed by atoms with Gasteiger partial charge in [0, 0.05) is 25.7 Å². The molecule has 1 aromatic carbocycles. The Morgan fingerprint density at radius 2 is 2.00 bits per heavy atom. The lowest BCUT2D eigenvalue weighted by Crippen LogP contribution is -2.50. The summed E-state index contributed by atoms with van der Waals surface area (Å²) >= 11 is 0. The van der Waals surface area contributed by atoms with Crippen molar-refractivity contribution in [3.8, 4) is 0 Å². The largest absolute Gasteiger partial charge is 0.444 e. The maximum atomic E-state index is 11.9. The van der Waals surface area contributed by atoms with E-state index in [9.17, 15) is 4.79 Å². The molecule has 4 heteroatoms. The number of likely N-dealkylation sites (tertiary alicyclic amines) is 1. The minimum Gasteiger partial charge on any atom is -0.444 e. The van der Waals surface area contributed by atoms with Crippen LogP contribution in [0.15, 0.2) is 30.3 Å². The predicted molar refractivity (Wildman–Crippen MR) is 88.7 cm³/mol. The van der Waals surface area contributed by atoms with E-state index in [-0.39, 0.29) is 12.1 Å². The molecule has 22 heavy (non-hydrogen) atoms. The van der Waals surface area contributed by atoms with Gasteiger partial charge < -0.3 is 10.1 Å². The maximum absolute atomic E-state index is 11.9. The van der Waals surface area contributed by atoms with Crippen molar-refractivity contribution in [1.82, 2.24) is 10.2 Å². The van der Waals surface area contributed by atoms with Crippen LogP contribution in [0.2, 0.25) is 0 Å². The molecule has 1 N–H and O–H groups in total. The van der Waals surface area contributed by atoms with E-state index in [0.717, 1.165) is 26.1 Å². The monoisotopic (exact) mass is 304 g/mol. The Labute approximate surface area is 133 Å². The van der Waals surface area contributed by atoms with Gasteiger partial charge in [-0.25, -0.2) is 4.79 Å². The second kappa shape index (κ2) is 7.14. The molecule has 0 radical (unpaired) electrons. The van der Waals surface area contributed by atoms with Crippen LogP contribution in [0.3, 0.4) is 0 Å². The second-order valence-electron chi connectivity index (χ2n) is 7.24. The standard InChI is InChI=1S/C18H28N2O2/c1-14-12-20(13-15-8-6-5-7-9-15)11-10-16(14)19-17(21)22-18(2,3)4/h5-9,14,16H,10-13H2,1-4H3,(H,19,21)/t14-,16-/m1/s1. The topological polar surface area (TPSA) is 41.6 Å². The summed E-state index contributed by atoms with van der Waals surface area (Å²) in [5.41, 5.74) is 0.898. The van der Waals surface area contributed by atoms with Crippen LogP contribution < -0.4 is 5.32 Å². The average molecular weight is 304 g/mol. The van der Waals surface area contributed by atoms with Gasteiger partial charge in [0.1, 0.15) is 5.60 Å². The van der Waals surface area contributed by atoms with Crippen LogP contribution in [0.4, 0.5) is 4.79 Å². The van der Waals surface area contributed by atoms with Crippen molar-refractivity contribution in [3.63, 3.8) is 0 Å². The van der Waals surface area contributed by atoms with Crippen LogP contribution >= 0.6 is 0 Å². The quantitative estimate of drug-likeness (QED) is 0.930. The third-order valence-electron chi connectivity index (χ3n) is 3.94. The summed E-state index contributed by atoms with van der Waals surface area (Å²) in [6.07, 6.45) is 0.661. The molecule has 122 valence electrons. The lowest BCUT2D eigenvalue weighted by atomic mass is 9.93. The lowest BCUT2D eigenvalue weighted by molar-refractivity contribution is 0.0440. The van der Waals surface area contributed by atoms with E-state index in [1.165, 1.54) is 5.56 Å². The van der Waals surface area contributed by atoms with E-state index in [1.807, 2.05) is 26.8 Å². The minimum absolute atomic E-state index is 0.196. The molecule has 0 aliphatic carbocycles. The fourth-order valence-electron chi connectivity index (χ4n) is 2.89. The number of amides is 1. The SMILES string of the molecule is C[C@@H]1CN(Cc2ccccc2)CC[C@H]1NC(=O)OC(C)(C)C. The molecule has 1 aliphatic rings. The van der Waals surface area contributed by atoms with E-state index in [1.54, 1.807) is 0 Å². The summed E-state index contributed by atoms with van der Waals surface area (Å²) in [6.45, 7) is 10.8. The first-order valence-electron chi connectivity index (χ1n) is 8.09. The van der Waals surface area contributed by atoms with Gasteiger partial charge in [-0.05, 0) is 38.7 Å². The van der Waals surface area contributed by atoms with Gasteiger partial charge in [-0.3, -0.25) is 4.90 Å². The first kappa shape index (κ1) is 16.8. The first-order valence-corrected chi connectivity index (χ1v) is 8.09. The molecule has 2 rings (SSSR count). The Kier molecular flexibility index (Phi) is 5.46. The van der Waals surface area contributed by atoms with Crippen LogP contribution in [0.1, 0.15) is 39.7 Å². The highest BCUT2D eigenvalue weighted by molar-refractivity contribution is 5.68. The molecule has 1 amide bonds. The molecule has 1 saturated heterocycles. The molecule has 1 fully saturated rings. The molecule has 0 aromatic heterocycles. The van der Waals surface area contributed by atoms with Crippen LogP contribution in [-0.4, -0.2) is 35.7 Å². The number of ether oxygens (including phenoxy) is 1. The molecule has 0 spiro atoms. The highest BCUT2D eigenvalue weighted by Gasteiger charge is 2.28. The average Bonchev–Trinajstić information content (AvgIpc) is 2.41. The molecule has 0 saturated carbocycles. The Morgan fingerprint density at radius 3 is 2.59 bits per heavy atom. The zero-order chi connectivity index (χ0) is 16.2. The van der Waals surface area contributed by atoms with Crippen LogP contribution in [0.5, 0.6) is 0 Å². The number of hydrogen-bond donors (Lipinski definition) is 1. The van der Waals surface area contributed by atoms with Crippen LogP contribution in [0.25, 0.3) is 0 Å². The Morgan fingerprint density at radius 1 is 1.32 bits per heavy atom. The van der Waals surface area contributed by atoms with Crippen LogP contribution in [0, 0.1) is 5.92 Å².